The molecule has 0 saturated heterocycles. The van der Waals surface area contributed by atoms with Crippen molar-refractivity contribution in [3.63, 3.8) is 0 Å². The third kappa shape index (κ3) is 3.07. The van der Waals surface area contributed by atoms with E-state index in [4.69, 9.17) is 5.11 Å². The number of rotatable bonds is 3. The average molecular weight is 155 g/mol. The molecule has 0 aromatic heterocycles. The van der Waals surface area contributed by atoms with Crippen LogP contribution in [-0.4, -0.2) is 17.6 Å². The first-order valence-corrected chi connectivity index (χ1v) is 3.94. The minimum atomic E-state index is -0.795. The van der Waals surface area contributed by atoms with Crippen LogP contribution in [0.1, 0.15) is 25.7 Å². The van der Waals surface area contributed by atoms with E-state index in [0.717, 1.165) is 18.5 Å². The lowest BCUT2D eigenvalue weighted by Gasteiger charge is -2.12. The number of allylic oxidation sites excluding steroid dienone is 2. The summed E-state index contributed by atoms with van der Waals surface area (Å²) >= 11 is 0. The molecule has 0 aromatic rings. The number of hydrogen-bond acceptors (Lipinski definition) is 2. The highest BCUT2D eigenvalue weighted by Crippen LogP contribution is 2.14. The van der Waals surface area contributed by atoms with E-state index in [-0.39, 0.29) is 6.54 Å². The maximum atomic E-state index is 10.2. The van der Waals surface area contributed by atoms with Crippen molar-refractivity contribution >= 4 is 5.97 Å². The lowest BCUT2D eigenvalue weighted by molar-refractivity contribution is -0.135. The number of aliphatic carboxylic acids is 1. The summed E-state index contributed by atoms with van der Waals surface area (Å²) in [6.45, 7) is 0.0475. The fraction of sp³-hybridized carbons (Fsp3) is 0.625. The molecule has 0 spiro atoms. The van der Waals surface area contributed by atoms with Crippen LogP contribution in [0.3, 0.4) is 0 Å². The van der Waals surface area contributed by atoms with E-state index in [0.29, 0.717) is 0 Å². The molecule has 2 N–H and O–H groups in total. The lowest BCUT2D eigenvalue weighted by atomic mass is 10.1. The van der Waals surface area contributed by atoms with Gasteiger partial charge in [-0.3, -0.25) is 4.79 Å². The van der Waals surface area contributed by atoms with Gasteiger partial charge < -0.3 is 10.4 Å². The summed E-state index contributed by atoms with van der Waals surface area (Å²) in [6.07, 6.45) is 6.60. The van der Waals surface area contributed by atoms with Crippen LogP contribution < -0.4 is 5.32 Å². The zero-order chi connectivity index (χ0) is 8.10. The molecule has 0 saturated carbocycles. The Labute approximate surface area is 66.1 Å². The van der Waals surface area contributed by atoms with Gasteiger partial charge in [0.1, 0.15) is 6.54 Å². The fourth-order valence-corrected chi connectivity index (χ4v) is 1.19. The van der Waals surface area contributed by atoms with Crippen molar-refractivity contribution < 1.29 is 9.90 Å². The third-order valence-corrected chi connectivity index (χ3v) is 1.76. The van der Waals surface area contributed by atoms with Crippen molar-refractivity contribution in [3.8, 4) is 0 Å². The Hall–Kier alpha value is -0.990. The fourth-order valence-electron chi connectivity index (χ4n) is 1.19. The van der Waals surface area contributed by atoms with Gasteiger partial charge in [-0.25, -0.2) is 0 Å². The molecular formula is C8H13NO2. The molecule has 0 fully saturated rings. The van der Waals surface area contributed by atoms with E-state index in [1.165, 1.54) is 12.8 Å². The Bertz CT molecular complexity index is 175. The van der Waals surface area contributed by atoms with Gasteiger partial charge in [0.25, 0.3) is 0 Å². The molecule has 0 aliphatic heterocycles. The van der Waals surface area contributed by atoms with E-state index >= 15 is 0 Å². The van der Waals surface area contributed by atoms with E-state index in [2.05, 4.69) is 11.4 Å². The van der Waals surface area contributed by atoms with Crippen LogP contribution in [0.15, 0.2) is 11.8 Å². The first-order valence-electron chi connectivity index (χ1n) is 3.94. The predicted octanol–water partition coefficient (Wildman–Crippen LogP) is 1.12. The van der Waals surface area contributed by atoms with Crippen LogP contribution >= 0.6 is 0 Å². The second-order valence-corrected chi connectivity index (χ2v) is 2.72. The normalized spacial score (nSPS) is 17.3. The molecule has 0 bridgehead atoms. The quantitative estimate of drug-likeness (QED) is 0.642. The highest BCUT2D eigenvalue weighted by Gasteiger charge is 2.03. The van der Waals surface area contributed by atoms with Crippen molar-refractivity contribution in [1.29, 1.82) is 0 Å². The molecule has 62 valence electrons. The van der Waals surface area contributed by atoms with Crippen LogP contribution in [-0.2, 0) is 4.79 Å². The van der Waals surface area contributed by atoms with E-state index in [1.807, 2.05) is 0 Å². The number of hydrogen-bond donors (Lipinski definition) is 2. The summed E-state index contributed by atoms with van der Waals surface area (Å²) < 4.78 is 0. The molecule has 0 aromatic carbocycles. The topological polar surface area (TPSA) is 49.3 Å². The molecule has 0 radical (unpaired) electrons. The first-order chi connectivity index (χ1) is 5.29. The van der Waals surface area contributed by atoms with Gasteiger partial charge in [0.05, 0.1) is 0 Å². The SMILES string of the molecule is O=C(O)CNC1=CCCCC1. The Morgan fingerprint density at radius 3 is 3.00 bits per heavy atom. The minimum Gasteiger partial charge on any atom is -0.480 e. The zero-order valence-electron chi connectivity index (χ0n) is 6.47. The maximum Gasteiger partial charge on any atom is 0.322 e. The van der Waals surface area contributed by atoms with Crippen LogP contribution in [0, 0.1) is 0 Å². The average Bonchev–Trinajstić information content (AvgIpc) is 2.03. The van der Waals surface area contributed by atoms with Gasteiger partial charge in [-0.2, -0.15) is 0 Å². The minimum absolute atomic E-state index is 0.0475. The molecule has 0 amide bonds. The van der Waals surface area contributed by atoms with Crippen LogP contribution in [0.2, 0.25) is 0 Å². The first kappa shape index (κ1) is 8.11. The van der Waals surface area contributed by atoms with Crippen molar-refractivity contribution in [2.75, 3.05) is 6.54 Å². The van der Waals surface area contributed by atoms with Crippen molar-refractivity contribution in [2.24, 2.45) is 0 Å². The van der Waals surface area contributed by atoms with Gasteiger partial charge >= 0.3 is 5.97 Å². The van der Waals surface area contributed by atoms with Crippen molar-refractivity contribution in [2.45, 2.75) is 25.7 Å². The molecule has 1 rings (SSSR count). The highest BCUT2D eigenvalue weighted by atomic mass is 16.4. The van der Waals surface area contributed by atoms with Crippen LogP contribution in [0.25, 0.3) is 0 Å². The molecule has 3 heteroatoms. The predicted molar refractivity (Wildman–Crippen MR) is 42.2 cm³/mol. The largest absolute Gasteiger partial charge is 0.480 e. The molecule has 3 nitrogen and oxygen atoms in total. The van der Waals surface area contributed by atoms with Crippen LogP contribution in [0.4, 0.5) is 0 Å². The van der Waals surface area contributed by atoms with Gasteiger partial charge in [-0.1, -0.05) is 6.08 Å². The lowest BCUT2D eigenvalue weighted by Crippen LogP contribution is -2.22. The van der Waals surface area contributed by atoms with Crippen LogP contribution in [0.5, 0.6) is 0 Å². The summed E-state index contributed by atoms with van der Waals surface area (Å²) in [6, 6.07) is 0. The van der Waals surface area contributed by atoms with Crippen molar-refractivity contribution in [1.82, 2.24) is 5.32 Å². The number of carbonyl (C=O) groups is 1. The Morgan fingerprint density at radius 2 is 2.45 bits per heavy atom. The monoisotopic (exact) mass is 155 g/mol. The van der Waals surface area contributed by atoms with E-state index in [1.54, 1.807) is 0 Å². The molecule has 0 atom stereocenters. The number of carboxylic acid groups (broad SMARTS) is 1. The summed E-state index contributed by atoms with van der Waals surface area (Å²) in [5, 5.41) is 11.2. The van der Waals surface area contributed by atoms with Gasteiger partial charge in [0, 0.05) is 5.70 Å². The number of nitrogens with one attached hydrogen (secondary N) is 1. The van der Waals surface area contributed by atoms with E-state index < -0.39 is 5.97 Å². The van der Waals surface area contributed by atoms with Gasteiger partial charge in [0.2, 0.25) is 0 Å². The molecular weight excluding hydrogens is 142 g/mol. The van der Waals surface area contributed by atoms with E-state index in [9.17, 15) is 4.79 Å². The Morgan fingerprint density at radius 1 is 1.64 bits per heavy atom. The summed E-state index contributed by atoms with van der Waals surface area (Å²) in [5.74, 6) is -0.795. The zero-order valence-corrected chi connectivity index (χ0v) is 6.47. The molecule has 11 heavy (non-hydrogen) atoms. The van der Waals surface area contributed by atoms with Gasteiger partial charge in [-0.15, -0.1) is 0 Å². The second kappa shape index (κ2) is 4.01. The highest BCUT2D eigenvalue weighted by molar-refractivity contribution is 5.69. The Balaban J connectivity index is 2.24. The molecule has 0 unspecified atom stereocenters. The second-order valence-electron chi connectivity index (χ2n) is 2.72. The Kier molecular flexibility index (Phi) is 2.95. The standard InChI is InChI=1S/C8H13NO2/c10-8(11)6-9-7-4-2-1-3-5-7/h4,9H,1-3,5-6H2,(H,10,11). The maximum absolute atomic E-state index is 10.2. The number of carboxylic acids is 1. The summed E-state index contributed by atoms with van der Waals surface area (Å²) in [4.78, 5) is 10.2. The summed E-state index contributed by atoms with van der Waals surface area (Å²) in [5.41, 5.74) is 1.10. The van der Waals surface area contributed by atoms with Gasteiger partial charge in [0.15, 0.2) is 0 Å². The molecule has 1 aliphatic carbocycles. The smallest absolute Gasteiger partial charge is 0.322 e. The van der Waals surface area contributed by atoms with Crippen molar-refractivity contribution in [3.05, 3.63) is 11.8 Å². The third-order valence-electron chi connectivity index (χ3n) is 1.76. The summed E-state index contributed by atoms with van der Waals surface area (Å²) in [7, 11) is 0. The van der Waals surface area contributed by atoms with Gasteiger partial charge in [-0.05, 0) is 25.7 Å². The molecule has 1 aliphatic rings. The molecule has 0 heterocycles.